The molecule has 0 spiro atoms. The van der Waals surface area contributed by atoms with E-state index in [4.69, 9.17) is 0 Å². The Morgan fingerprint density at radius 2 is 2.12 bits per heavy atom. The predicted octanol–water partition coefficient (Wildman–Crippen LogP) is 1.97. The van der Waals surface area contributed by atoms with Gasteiger partial charge in [-0.15, -0.1) is 0 Å². The average molecular weight is 353 g/mol. The third-order valence-corrected chi connectivity index (χ3v) is 6.23. The molecule has 1 amide bonds. The lowest BCUT2D eigenvalue weighted by Gasteiger charge is -2.27. The molecular formula is C17H27N3O3S. The molecule has 0 aromatic carbocycles. The molecule has 1 saturated heterocycles. The third kappa shape index (κ3) is 4.47. The van der Waals surface area contributed by atoms with Gasteiger partial charge in [-0.1, -0.05) is 13.3 Å². The van der Waals surface area contributed by atoms with Crippen LogP contribution in [0, 0.1) is 0 Å². The zero-order chi connectivity index (χ0) is 17.7. The Bertz CT molecular complexity index is 675. The first kappa shape index (κ1) is 18.7. The molecule has 1 aliphatic rings. The number of aromatic nitrogens is 1. The van der Waals surface area contributed by atoms with E-state index in [2.05, 4.69) is 11.9 Å². The number of anilines is 1. The molecule has 134 valence electrons. The van der Waals surface area contributed by atoms with Crippen LogP contribution in [-0.2, 0) is 9.84 Å². The van der Waals surface area contributed by atoms with Crippen molar-refractivity contribution in [3.8, 4) is 0 Å². The van der Waals surface area contributed by atoms with Crippen LogP contribution < -0.4 is 4.90 Å². The van der Waals surface area contributed by atoms with Crippen LogP contribution in [-0.4, -0.2) is 61.9 Å². The fraction of sp³-hybridized carbons (Fsp3) is 0.647. The highest BCUT2D eigenvalue weighted by Gasteiger charge is 2.34. The van der Waals surface area contributed by atoms with Gasteiger partial charge in [-0.25, -0.2) is 13.4 Å². The maximum Gasteiger partial charge on any atom is 0.254 e. The molecule has 0 aliphatic carbocycles. The van der Waals surface area contributed by atoms with Gasteiger partial charge in [0.05, 0.1) is 11.5 Å². The van der Waals surface area contributed by atoms with Gasteiger partial charge in [-0.2, -0.15) is 0 Å². The number of amides is 1. The van der Waals surface area contributed by atoms with Crippen LogP contribution >= 0.6 is 0 Å². The lowest BCUT2D eigenvalue weighted by Crippen LogP contribution is -2.41. The molecule has 0 saturated carbocycles. The molecule has 6 nitrogen and oxygen atoms in total. The summed E-state index contributed by atoms with van der Waals surface area (Å²) in [5.41, 5.74) is 0.564. The third-order valence-electron chi connectivity index (χ3n) is 4.48. The fourth-order valence-electron chi connectivity index (χ4n) is 3.02. The van der Waals surface area contributed by atoms with Gasteiger partial charge in [0.2, 0.25) is 0 Å². The van der Waals surface area contributed by atoms with Crippen LogP contribution in [0.5, 0.6) is 0 Å². The number of rotatable bonds is 7. The molecule has 1 aromatic heterocycles. The van der Waals surface area contributed by atoms with E-state index in [1.54, 1.807) is 23.2 Å². The van der Waals surface area contributed by atoms with Crippen molar-refractivity contribution >= 4 is 21.6 Å². The smallest absolute Gasteiger partial charge is 0.254 e. The van der Waals surface area contributed by atoms with E-state index in [1.165, 1.54) is 0 Å². The average Bonchev–Trinajstić information content (AvgIpc) is 2.93. The number of sulfone groups is 1. The molecule has 24 heavy (non-hydrogen) atoms. The maximum atomic E-state index is 12.8. The number of pyridine rings is 1. The van der Waals surface area contributed by atoms with Crippen LogP contribution in [0.25, 0.3) is 0 Å². The molecule has 0 bridgehead atoms. The van der Waals surface area contributed by atoms with Gasteiger partial charge in [0.25, 0.3) is 5.91 Å². The Hall–Kier alpha value is -1.63. The lowest BCUT2D eigenvalue weighted by atomic mass is 10.1. The molecule has 1 fully saturated rings. The molecule has 1 unspecified atom stereocenters. The molecule has 7 heteroatoms. The van der Waals surface area contributed by atoms with E-state index >= 15 is 0 Å². The first-order valence-electron chi connectivity index (χ1n) is 8.56. The lowest BCUT2D eigenvalue weighted by molar-refractivity contribution is 0.0708. The molecule has 0 N–H and O–H groups in total. The minimum atomic E-state index is -3.01. The topological polar surface area (TPSA) is 70.6 Å². The van der Waals surface area contributed by atoms with Crippen LogP contribution in [0.3, 0.4) is 0 Å². The first-order valence-corrected chi connectivity index (χ1v) is 10.4. The number of carbonyl (C=O) groups is 1. The predicted molar refractivity (Wildman–Crippen MR) is 96.2 cm³/mol. The van der Waals surface area contributed by atoms with Gasteiger partial charge in [0.15, 0.2) is 9.84 Å². The number of carbonyl (C=O) groups excluding carboxylic acids is 1. The normalized spacial score (nSPS) is 19.2. The van der Waals surface area contributed by atoms with Crippen molar-refractivity contribution in [3.63, 3.8) is 0 Å². The summed E-state index contributed by atoms with van der Waals surface area (Å²) in [5, 5.41) is 0. The number of hydrogen-bond acceptors (Lipinski definition) is 5. The second-order valence-corrected chi connectivity index (χ2v) is 8.55. The van der Waals surface area contributed by atoms with Crippen molar-refractivity contribution in [1.82, 2.24) is 9.88 Å². The second-order valence-electron chi connectivity index (χ2n) is 6.33. The van der Waals surface area contributed by atoms with E-state index in [0.717, 1.165) is 25.2 Å². The van der Waals surface area contributed by atoms with E-state index < -0.39 is 9.84 Å². The summed E-state index contributed by atoms with van der Waals surface area (Å²) in [6.45, 7) is 5.41. The zero-order valence-corrected chi connectivity index (χ0v) is 15.6. The van der Waals surface area contributed by atoms with Crippen LogP contribution in [0.1, 0.15) is 43.5 Å². The van der Waals surface area contributed by atoms with Gasteiger partial charge < -0.3 is 9.80 Å². The van der Waals surface area contributed by atoms with E-state index in [-0.39, 0.29) is 23.5 Å². The van der Waals surface area contributed by atoms with E-state index in [1.807, 2.05) is 18.9 Å². The molecule has 2 rings (SSSR count). The SMILES string of the molecule is CCCCN(C)c1cc(C(=O)N(CC)C2CCS(=O)(=O)C2)ccn1. The summed E-state index contributed by atoms with van der Waals surface area (Å²) in [6.07, 6.45) is 4.33. The Balaban J connectivity index is 2.16. The van der Waals surface area contributed by atoms with Crippen LogP contribution in [0.4, 0.5) is 5.82 Å². The Morgan fingerprint density at radius 1 is 1.38 bits per heavy atom. The summed E-state index contributed by atoms with van der Waals surface area (Å²) in [4.78, 5) is 20.9. The van der Waals surface area contributed by atoms with Crippen LogP contribution in [0.2, 0.25) is 0 Å². The largest absolute Gasteiger partial charge is 0.360 e. The minimum Gasteiger partial charge on any atom is -0.360 e. The van der Waals surface area contributed by atoms with Gasteiger partial charge in [0.1, 0.15) is 5.82 Å². The fourth-order valence-corrected chi connectivity index (χ4v) is 4.76. The highest BCUT2D eigenvalue weighted by atomic mass is 32.2. The maximum absolute atomic E-state index is 12.8. The van der Waals surface area contributed by atoms with Gasteiger partial charge in [-0.05, 0) is 31.9 Å². The van der Waals surface area contributed by atoms with Crippen molar-refractivity contribution in [3.05, 3.63) is 23.9 Å². The highest BCUT2D eigenvalue weighted by molar-refractivity contribution is 7.91. The quantitative estimate of drug-likeness (QED) is 0.749. The molecular weight excluding hydrogens is 326 g/mol. The Morgan fingerprint density at radius 3 is 2.71 bits per heavy atom. The minimum absolute atomic E-state index is 0.0704. The Kier molecular flexibility index (Phi) is 6.21. The molecule has 1 aromatic rings. The number of unbranched alkanes of at least 4 members (excludes halogenated alkanes) is 1. The standard InChI is InChI=1S/C17H27N3O3S/c1-4-6-10-19(3)16-12-14(7-9-18-16)17(21)20(5-2)15-8-11-24(22,23)13-15/h7,9,12,15H,4-6,8,10-11,13H2,1-3H3. The van der Waals surface area contributed by atoms with Crippen molar-refractivity contribution in [2.75, 3.05) is 36.5 Å². The summed E-state index contributed by atoms with van der Waals surface area (Å²) in [7, 11) is -1.05. The van der Waals surface area contributed by atoms with E-state index in [0.29, 0.717) is 18.5 Å². The van der Waals surface area contributed by atoms with Gasteiger partial charge >= 0.3 is 0 Å². The van der Waals surface area contributed by atoms with Crippen molar-refractivity contribution < 1.29 is 13.2 Å². The molecule has 2 heterocycles. The zero-order valence-electron chi connectivity index (χ0n) is 14.7. The molecule has 1 atom stereocenters. The number of hydrogen-bond donors (Lipinski definition) is 0. The van der Waals surface area contributed by atoms with E-state index in [9.17, 15) is 13.2 Å². The monoisotopic (exact) mass is 353 g/mol. The summed E-state index contributed by atoms with van der Waals surface area (Å²) in [6, 6.07) is 3.28. The first-order chi connectivity index (χ1) is 11.4. The molecule has 1 aliphatic heterocycles. The van der Waals surface area contributed by atoms with Crippen molar-refractivity contribution in [2.24, 2.45) is 0 Å². The highest BCUT2D eigenvalue weighted by Crippen LogP contribution is 2.21. The summed E-state index contributed by atoms with van der Waals surface area (Å²) >= 11 is 0. The summed E-state index contributed by atoms with van der Waals surface area (Å²) in [5.74, 6) is 0.889. The molecule has 0 radical (unpaired) electrons. The number of nitrogens with zero attached hydrogens (tertiary/aromatic N) is 3. The van der Waals surface area contributed by atoms with Gasteiger partial charge in [0, 0.05) is 37.9 Å². The van der Waals surface area contributed by atoms with Crippen LogP contribution in [0.15, 0.2) is 18.3 Å². The Labute approximate surface area is 144 Å². The van der Waals surface area contributed by atoms with Crippen molar-refractivity contribution in [1.29, 1.82) is 0 Å². The second kappa shape index (κ2) is 7.96. The van der Waals surface area contributed by atoms with Crippen molar-refractivity contribution in [2.45, 2.75) is 39.2 Å². The summed E-state index contributed by atoms with van der Waals surface area (Å²) < 4.78 is 23.4. The van der Waals surface area contributed by atoms with Gasteiger partial charge in [-0.3, -0.25) is 4.79 Å².